The molecule has 0 saturated heterocycles. The topological polar surface area (TPSA) is 59.4 Å². The van der Waals surface area contributed by atoms with Crippen LogP contribution >= 0.6 is 15.9 Å². The van der Waals surface area contributed by atoms with Crippen molar-refractivity contribution >= 4 is 21.9 Å². The smallest absolute Gasteiger partial charge is 0.341 e. The highest BCUT2D eigenvalue weighted by Crippen LogP contribution is 2.29. The second-order valence-corrected chi connectivity index (χ2v) is 5.06. The van der Waals surface area contributed by atoms with Crippen LogP contribution < -0.4 is 4.74 Å². The zero-order valence-corrected chi connectivity index (χ0v) is 12.4. The third-order valence-corrected chi connectivity index (χ3v) is 3.27. The summed E-state index contributed by atoms with van der Waals surface area (Å²) in [4.78, 5) is 15.3. The van der Waals surface area contributed by atoms with Crippen molar-refractivity contribution in [3.63, 3.8) is 0 Å². The quantitative estimate of drug-likeness (QED) is 0.914. The lowest BCUT2D eigenvalue weighted by atomic mass is 10.1. The second-order valence-electron chi connectivity index (χ2n) is 4.21. The lowest BCUT2D eigenvalue weighted by Gasteiger charge is -2.11. The number of ether oxygens (including phenoxy) is 1. The van der Waals surface area contributed by atoms with E-state index in [0.717, 1.165) is 0 Å². The minimum atomic E-state index is -1.14. The molecule has 0 aliphatic rings. The number of carboxylic acids is 1. The number of halogens is 2. The second kappa shape index (κ2) is 5.58. The van der Waals surface area contributed by atoms with E-state index in [-0.39, 0.29) is 17.1 Å². The van der Waals surface area contributed by atoms with Crippen molar-refractivity contribution in [2.45, 2.75) is 13.8 Å². The molecule has 104 valence electrons. The van der Waals surface area contributed by atoms with E-state index in [1.165, 1.54) is 18.2 Å². The number of aromatic nitrogens is 1. The van der Waals surface area contributed by atoms with Crippen molar-refractivity contribution < 1.29 is 19.0 Å². The Morgan fingerprint density at radius 3 is 2.65 bits per heavy atom. The van der Waals surface area contributed by atoms with Gasteiger partial charge in [-0.15, -0.1) is 0 Å². The molecule has 0 saturated carbocycles. The molecule has 0 radical (unpaired) electrons. The summed E-state index contributed by atoms with van der Waals surface area (Å²) >= 11 is 3.04. The molecule has 1 N–H and O–H groups in total. The van der Waals surface area contributed by atoms with Crippen LogP contribution in [0.1, 0.15) is 21.7 Å². The molecule has 2 rings (SSSR count). The number of aromatic carboxylic acids is 1. The van der Waals surface area contributed by atoms with Crippen LogP contribution in [-0.2, 0) is 0 Å². The number of carbonyl (C=O) groups is 1. The summed E-state index contributed by atoms with van der Waals surface area (Å²) in [6, 6.07) is 5.73. The van der Waals surface area contributed by atoms with Gasteiger partial charge in [0.05, 0.1) is 10.2 Å². The molecular formula is C14H11BrFNO3. The Hall–Kier alpha value is -1.95. The first-order chi connectivity index (χ1) is 9.38. The molecule has 0 bridgehead atoms. The van der Waals surface area contributed by atoms with Crippen LogP contribution in [0.4, 0.5) is 4.39 Å². The molecule has 6 heteroatoms. The van der Waals surface area contributed by atoms with E-state index in [1.807, 2.05) is 0 Å². The molecule has 0 aliphatic carbocycles. The van der Waals surface area contributed by atoms with Gasteiger partial charge in [-0.2, -0.15) is 0 Å². The number of pyridine rings is 1. The van der Waals surface area contributed by atoms with Crippen molar-refractivity contribution in [1.82, 2.24) is 4.98 Å². The summed E-state index contributed by atoms with van der Waals surface area (Å²) in [7, 11) is 0. The molecular weight excluding hydrogens is 329 g/mol. The lowest BCUT2D eigenvalue weighted by Crippen LogP contribution is -2.06. The average molecular weight is 340 g/mol. The van der Waals surface area contributed by atoms with Gasteiger partial charge in [-0.25, -0.2) is 9.18 Å². The monoisotopic (exact) mass is 339 g/mol. The Morgan fingerprint density at radius 2 is 2.05 bits per heavy atom. The summed E-state index contributed by atoms with van der Waals surface area (Å²) in [5.74, 6) is -1.26. The highest BCUT2D eigenvalue weighted by atomic mass is 79.9. The van der Waals surface area contributed by atoms with Gasteiger partial charge in [0.1, 0.15) is 22.9 Å². The predicted molar refractivity (Wildman–Crippen MR) is 74.8 cm³/mol. The summed E-state index contributed by atoms with van der Waals surface area (Å²) < 4.78 is 19.2. The first kappa shape index (κ1) is 14.5. The van der Waals surface area contributed by atoms with Gasteiger partial charge in [0.25, 0.3) is 0 Å². The van der Waals surface area contributed by atoms with E-state index < -0.39 is 11.8 Å². The van der Waals surface area contributed by atoms with Gasteiger partial charge in [-0.1, -0.05) is 0 Å². The van der Waals surface area contributed by atoms with E-state index in [2.05, 4.69) is 20.9 Å². The van der Waals surface area contributed by atoms with Crippen LogP contribution in [0.25, 0.3) is 0 Å². The first-order valence-corrected chi connectivity index (χ1v) is 6.52. The fraction of sp³-hybridized carbons (Fsp3) is 0.143. The molecule has 1 aromatic heterocycles. The van der Waals surface area contributed by atoms with Crippen molar-refractivity contribution in [3.8, 4) is 11.5 Å². The Kier molecular flexibility index (Phi) is 4.04. The van der Waals surface area contributed by atoms with Gasteiger partial charge >= 0.3 is 5.97 Å². The number of aryl methyl sites for hydroxylation is 2. The molecule has 1 heterocycles. The standard InChI is InChI=1S/C14H11BrFNO3/c1-7-5-12(13(14(18)19)8(2)17-7)20-9-3-4-10(15)11(16)6-9/h3-6H,1-2H3,(H,18,19). The summed E-state index contributed by atoms with van der Waals surface area (Å²) in [5.41, 5.74) is 0.948. The Balaban J connectivity index is 2.47. The average Bonchev–Trinajstić information content (AvgIpc) is 2.32. The molecule has 2 aromatic rings. The number of hydrogen-bond donors (Lipinski definition) is 1. The van der Waals surface area contributed by atoms with Crippen LogP contribution in [0.15, 0.2) is 28.7 Å². The Labute approximate surface area is 123 Å². The fourth-order valence-electron chi connectivity index (χ4n) is 1.80. The molecule has 0 unspecified atom stereocenters. The number of nitrogens with zero attached hydrogens (tertiary/aromatic N) is 1. The third-order valence-electron chi connectivity index (χ3n) is 2.62. The highest BCUT2D eigenvalue weighted by molar-refractivity contribution is 9.10. The summed E-state index contributed by atoms with van der Waals surface area (Å²) in [5, 5.41) is 9.21. The zero-order chi connectivity index (χ0) is 14.9. The van der Waals surface area contributed by atoms with Gasteiger partial charge in [0, 0.05) is 17.8 Å². The van der Waals surface area contributed by atoms with Crippen molar-refractivity contribution in [3.05, 3.63) is 51.5 Å². The van der Waals surface area contributed by atoms with E-state index in [1.54, 1.807) is 19.9 Å². The van der Waals surface area contributed by atoms with Gasteiger partial charge in [0.15, 0.2) is 0 Å². The summed E-state index contributed by atoms with van der Waals surface area (Å²) in [6.07, 6.45) is 0. The minimum absolute atomic E-state index is 0.0288. The molecule has 0 atom stereocenters. The van der Waals surface area contributed by atoms with Gasteiger partial charge in [0.2, 0.25) is 0 Å². The Morgan fingerprint density at radius 1 is 1.35 bits per heavy atom. The van der Waals surface area contributed by atoms with E-state index >= 15 is 0 Å². The van der Waals surface area contributed by atoms with Crippen LogP contribution in [0.5, 0.6) is 11.5 Å². The molecule has 0 aliphatic heterocycles. The maximum atomic E-state index is 13.4. The van der Waals surface area contributed by atoms with Gasteiger partial charge in [-0.3, -0.25) is 4.98 Å². The number of hydrogen-bond acceptors (Lipinski definition) is 3. The van der Waals surface area contributed by atoms with Crippen molar-refractivity contribution in [2.24, 2.45) is 0 Å². The molecule has 0 spiro atoms. The molecule has 20 heavy (non-hydrogen) atoms. The van der Waals surface area contributed by atoms with Gasteiger partial charge < -0.3 is 9.84 Å². The maximum absolute atomic E-state index is 13.4. The molecule has 0 amide bonds. The number of benzene rings is 1. The largest absolute Gasteiger partial charge is 0.477 e. The van der Waals surface area contributed by atoms with Crippen molar-refractivity contribution in [2.75, 3.05) is 0 Å². The van der Waals surface area contributed by atoms with Crippen LogP contribution in [-0.4, -0.2) is 16.1 Å². The fourth-order valence-corrected chi connectivity index (χ4v) is 2.05. The Bertz CT molecular complexity index is 688. The highest BCUT2D eigenvalue weighted by Gasteiger charge is 2.17. The summed E-state index contributed by atoms with van der Waals surface area (Å²) in [6.45, 7) is 3.32. The normalized spacial score (nSPS) is 10.4. The van der Waals surface area contributed by atoms with Crippen molar-refractivity contribution in [1.29, 1.82) is 0 Å². The van der Waals surface area contributed by atoms with E-state index in [0.29, 0.717) is 15.9 Å². The van der Waals surface area contributed by atoms with E-state index in [4.69, 9.17) is 4.74 Å². The molecule has 0 fully saturated rings. The lowest BCUT2D eigenvalue weighted by molar-refractivity contribution is 0.0693. The third kappa shape index (κ3) is 2.96. The van der Waals surface area contributed by atoms with Gasteiger partial charge in [-0.05, 0) is 41.9 Å². The van der Waals surface area contributed by atoms with E-state index in [9.17, 15) is 14.3 Å². The minimum Gasteiger partial charge on any atom is -0.477 e. The number of rotatable bonds is 3. The molecule has 4 nitrogen and oxygen atoms in total. The predicted octanol–water partition coefficient (Wildman–Crippen LogP) is 4.09. The number of carboxylic acid groups (broad SMARTS) is 1. The van der Waals surface area contributed by atoms with Crippen LogP contribution in [0, 0.1) is 19.7 Å². The SMILES string of the molecule is Cc1cc(Oc2ccc(Br)c(F)c2)c(C(=O)O)c(C)n1. The zero-order valence-electron chi connectivity index (χ0n) is 10.8. The van der Waals surface area contributed by atoms with Crippen LogP contribution in [0.3, 0.4) is 0 Å². The maximum Gasteiger partial charge on any atom is 0.341 e. The van der Waals surface area contributed by atoms with Crippen LogP contribution in [0.2, 0.25) is 0 Å². The molecule has 1 aromatic carbocycles. The first-order valence-electron chi connectivity index (χ1n) is 5.73.